The van der Waals surface area contributed by atoms with Gasteiger partial charge in [-0.15, -0.1) is 0 Å². The predicted molar refractivity (Wildman–Crippen MR) is 69.0 cm³/mol. The summed E-state index contributed by atoms with van der Waals surface area (Å²) in [5.74, 6) is -1.40. The Morgan fingerprint density at radius 1 is 1.37 bits per heavy atom. The first-order chi connectivity index (χ1) is 8.79. The number of carbonyl (C=O) groups is 2. The highest BCUT2D eigenvalue weighted by Gasteiger charge is 2.14. The van der Waals surface area contributed by atoms with Crippen molar-refractivity contribution in [1.82, 2.24) is 15.6 Å². The third-order valence-electron chi connectivity index (χ3n) is 2.17. The van der Waals surface area contributed by atoms with Gasteiger partial charge in [-0.05, 0) is 26.8 Å². The number of carbonyl (C=O) groups excluding carboxylic acids is 2. The average Bonchev–Trinajstić information content (AvgIpc) is 2.26. The topological polar surface area (TPSA) is 71.1 Å². The lowest BCUT2D eigenvalue weighted by Gasteiger charge is -2.20. The molecule has 0 bridgehead atoms. The van der Waals surface area contributed by atoms with Crippen LogP contribution in [0.5, 0.6) is 0 Å². The minimum absolute atomic E-state index is 0.0776. The molecule has 1 heterocycles. The molecule has 0 aliphatic carbocycles. The SMILES string of the molecule is CC(C)(C)NC(=O)CCNC(=O)c1ccncc1F. The summed E-state index contributed by atoms with van der Waals surface area (Å²) >= 11 is 0. The van der Waals surface area contributed by atoms with Gasteiger partial charge in [0, 0.05) is 24.7 Å². The van der Waals surface area contributed by atoms with Crippen LogP contribution in [0.2, 0.25) is 0 Å². The van der Waals surface area contributed by atoms with Gasteiger partial charge in [0.15, 0.2) is 5.82 Å². The van der Waals surface area contributed by atoms with Gasteiger partial charge in [0.05, 0.1) is 11.8 Å². The monoisotopic (exact) mass is 267 g/mol. The minimum atomic E-state index is -0.681. The standard InChI is InChI=1S/C13H18FN3O2/c1-13(2,3)17-11(18)5-7-16-12(19)9-4-6-15-8-10(9)14/h4,6,8H,5,7H2,1-3H3,(H,16,19)(H,17,18). The lowest BCUT2D eigenvalue weighted by Crippen LogP contribution is -2.42. The van der Waals surface area contributed by atoms with Crippen molar-refractivity contribution >= 4 is 11.8 Å². The number of rotatable bonds is 4. The lowest BCUT2D eigenvalue weighted by atomic mass is 10.1. The number of amides is 2. The van der Waals surface area contributed by atoms with Crippen molar-refractivity contribution in [2.75, 3.05) is 6.54 Å². The van der Waals surface area contributed by atoms with Crippen LogP contribution in [0.4, 0.5) is 4.39 Å². The second kappa shape index (κ2) is 6.26. The highest BCUT2D eigenvalue weighted by molar-refractivity contribution is 5.94. The summed E-state index contributed by atoms with van der Waals surface area (Å²) in [6.07, 6.45) is 2.46. The Morgan fingerprint density at radius 2 is 2.05 bits per heavy atom. The van der Waals surface area contributed by atoms with Gasteiger partial charge < -0.3 is 10.6 Å². The van der Waals surface area contributed by atoms with Crippen molar-refractivity contribution in [3.63, 3.8) is 0 Å². The molecule has 0 saturated carbocycles. The smallest absolute Gasteiger partial charge is 0.254 e. The fourth-order valence-corrected chi connectivity index (χ4v) is 1.42. The third-order valence-corrected chi connectivity index (χ3v) is 2.17. The molecular weight excluding hydrogens is 249 g/mol. The number of pyridine rings is 1. The molecule has 2 N–H and O–H groups in total. The maximum atomic E-state index is 13.2. The second-order valence-electron chi connectivity index (χ2n) is 5.16. The maximum absolute atomic E-state index is 13.2. The molecule has 0 atom stereocenters. The molecule has 0 aliphatic heterocycles. The molecule has 1 aromatic heterocycles. The molecule has 0 saturated heterocycles. The van der Waals surface area contributed by atoms with Crippen LogP contribution in [-0.2, 0) is 4.79 Å². The molecule has 0 aromatic carbocycles. The molecule has 6 heteroatoms. The Bertz CT molecular complexity index is 469. The van der Waals surface area contributed by atoms with Crippen LogP contribution in [-0.4, -0.2) is 28.9 Å². The number of nitrogens with one attached hydrogen (secondary N) is 2. The van der Waals surface area contributed by atoms with E-state index in [1.165, 1.54) is 12.3 Å². The summed E-state index contributed by atoms with van der Waals surface area (Å²) in [4.78, 5) is 26.7. The number of halogens is 1. The molecule has 104 valence electrons. The molecule has 5 nitrogen and oxygen atoms in total. The number of nitrogens with zero attached hydrogens (tertiary/aromatic N) is 1. The zero-order valence-electron chi connectivity index (χ0n) is 11.3. The molecule has 0 spiro atoms. The lowest BCUT2D eigenvalue weighted by molar-refractivity contribution is -0.122. The molecule has 2 amide bonds. The van der Waals surface area contributed by atoms with Gasteiger partial charge in [0.2, 0.25) is 5.91 Å². The first kappa shape index (κ1) is 15.1. The Hall–Kier alpha value is -1.98. The molecule has 1 rings (SSSR count). The summed E-state index contributed by atoms with van der Waals surface area (Å²) in [7, 11) is 0. The zero-order valence-corrected chi connectivity index (χ0v) is 11.3. The number of aromatic nitrogens is 1. The van der Waals surface area contributed by atoms with Crippen LogP contribution in [0.3, 0.4) is 0 Å². The van der Waals surface area contributed by atoms with Gasteiger partial charge in [-0.2, -0.15) is 0 Å². The fourth-order valence-electron chi connectivity index (χ4n) is 1.42. The van der Waals surface area contributed by atoms with Crippen LogP contribution < -0.4 is 10.6 Å². The average molecular weight is 267 g/mol. The summed E-state index contributed by atoms with van der Waals surface area (Å²) in [6, 6.07) is 1.29. The Balaban J connectivity index is 2.40. The van der Waals surface area contributed by atoms with Gasteiger partial charge in [0.25, 0.3) is 5.91 Å². The van der Waals surface area contributed by atoms with E-state index in [-0.39, 0.29) is 30.0 Å². The minimum Gasteiger partial charge on any atom is -0.351 e. The van der Waals surface area contributed by atoms with E-state index < -0.39 is 11.7 Å². The Morgan fingerprint density at radius 3 is 2.63 bits per heavy atom. The van der Waals surface area contributed by atoms with Crippen molar-refractivity contribution in [2.24, 2.45) is 0 Å². The molecule has 1 aromatic rings. The second-order valence-corrected chi connectivity index (χ2v) is 5.16. The molecule has 0 fully saturated rings. The molecule has 0 unspecified atom stereocenters. The van der Waals surface area contributed by atoms with Crippen molar-refractivity contribution in [3.8, 4) is 0 Å². The quantitative estimate of drug-likeness (QED) is 0.862. The first-order valence-electron chi connectivity index (χ1n) is 5.98. The van der Waals surface area contributed by atoms with Gasteiger partial charge >= 0.3 is 0 Å². The Labute approximate surface area is 111 Å². The van der Waals surface area contributed by atoms with Crippen molar-refractivity contribution in [3.05, 3.63) is 29.8 Å². The van der Waals surface area contributed by atoms with E-state index in [1.807, 2.05) is 20.8 Å². The highest BCUT2D eigenvalue weighted by Crippen LogP contribution is 2.04. The van der Waals surface area contributed by atoms with Gasteiger partial charge in [-0.1, -0.05) is 0 Å². The maximum Gasteiger partial charge on any atom is 0.254 e. The number of hydrogen-bond donors (Lipinski definition) is 2. The summed E-state index contributed by atoms with van der Waals surface area (Å²) in [5, 5.41) is 5.26. The molecular formula is C13H18FN3O2. The van der Waals surface area contributed by atoms with Crippen molar-refractivity contribution in [2.45, 2.75) is 32.7 Å². The van der Waals surface area contributed by atoms with E-state index in [0.717, 1.165) is 6.20 Å². The fraction of sp³-hybridized carbons (Fsp3) is 0.462. The zero-order chi connectivity index (χ0) is 14.5. The van der Waals surface area contributed by atoms with Crippen LogP contribution in [0, 0.1) is 5.82 Å². The van der Waals surface area contributed by atoms with E-state index in [2.05, 4.69) is 15.6 Å². The molecule has 0 radical (unpaired) electrons. The van der Waals surface area contributed by atoms with E-state index in [9.17, 15) is 14.0 Å². The summed E-state index contributed by atoms with van der Waals surface area (Å²) in [5.41, 5.74) is -0.385. The first-order valence-corrected chi connectivity index (χ1v) is 5.98. The van der Waals surface area contributed by atoms with E-state index in [0.29, 0.717) is 0 Å². The van der Waals surface area contributed by atoms with Crippen LogP contribution in [0.15, 0.2) is 18.5 Å². The van der Waals surface area contributed by atoms with Gasteiger partial charge in [-0.25, -0.2) is 4.39 Å². The number of hydrogen-bond acceptors (Lipinski definition) is 3. The van der Waals surface area contributed by atoms with Crippen LogP contribution >= 0.6 is 0 Å². The van der Waals surface area contributed by atoms with Gasteiger partial charge in [0.1, 0.15) is 0 Å². The largest absolute Gasteiger partial charge is 0.351 e. The van der Waals surface area contributed by atoms with Crippen molar-refractivity contribution < 1.29 is 14.0 Å². The van der Waals surface area contributed by atoms with Gasteiger partial charge in [-0.3, -0.25) is 14.6 Å². The summed E-state index contributed by atoms with van der Waals surface area (Å²) < 4.78 is 13.2. The predicted octanol–water partition coefficient (Wildman–Crippen LogP) is 1.26. The molecule has 0 aliphatic rings. The third kappa shape index (κ3) is 5.46. The molecule has 19 heavy (non-hydrogen) atoms. The Kier molecular flexibility index (Phi) is 4.97. The van der Waals surface area contributed by atoms with E-state index >= 15 is 0 Å². The van der Waals surface area contributed by atoms with E-state index in [4.69, 9.17) is 0 Å². The summed E-state index contributed by atoms with van der Waals surface area (Å²) in [6.45, 7) is 5.77. The van der Waals surface area contributed by atoms with Crippen molar-refractivity contribution in [1.29, 1.82) is 0 Å². The highest BCUT2D eigenvalue weighted by atomic mass is 19.1. The normalized spacial score (nSPS) is 10.9. The van der Waals surface area contributed by atoms with Crippen LogP contribution in [0.25, 0.3) is 0 Å². The van der Waals surface area contributed by atoms with E-state index in [1.54, 1.807) is 0 Å². The van der Waals surface area contributed by atoms with Crippen LogP contribution in [0.1, 0.15) is 37.6 Å².